The number of aliphatic hydroxyl groups is 1. The second kappa shape index (κ2) is 3.49. The van der Waals surface area contributed by atoms with E-state index in [-0.39, 0.29) is 13.0 Å². The summed E-state index contributed by atoms with van der Waals surface area (Å²) in [6.07, 6.45) is -6.01. The van der Waals surface area contributed by atoms with Gasteiger partial charge in [-0.05, 0) is 6.42 Å². The normalized spacial score (nSPS) is 32.8. The van der Waals surface area contributed by atoms with Gasteiger partial charge in [0.15, 0.2) is 5.72 Å². The van der Waals surface area contributed by atoms with Crippen molar-refractivity contribution in [2.45, 2.75) is 18.3 Å². The number of carboxylic acid groups (broad SMARTS) is 1. The van der Waals surface area contributed by atoms with E-state index < -0.39 is 36.2 Å². The largest absolute Gasteiger partial charge is 0.465 e. The van der Waals surface area contributed by atoms with Gasteiger partial charge in [-0.15, -0.1) is 0 Å². The van der Waals surface area contributed by atoms with Gasteiger partial charge in [0.1, 0.15) is 5.71 Å². The second-order valence-corrected chi connectivity index (χ2v) is 4.08. The first-order valence-corrected chi connectivity index (χ1v) is 4.86. The predicted molar refractivity (Wildman–Crippen MR) is 49.3 cm³/mol. The van der Waals surface area contributed by atoms with Crippen LogP contribution in [0.15, 0.2) is 5.10 Å². The van der Waals surface area contributed by atoms with Crippen molar-refractivity contribution >= 4 is 11.8 Å². The Kier molecular flexibility index (Phi) is 2.45. The minimum absolute atomic E-state index is 0.0565. The number of hydrogen-bond acceptors (Lipinski definition) is 4. The molecule has 2 unspecified atom stereocenters. The van der Waals surface area contributed by atoms with Crippen molar-refractivity contribution in [2.24, 2.45) is 11.0 Å². The quantitative estimate of drug-likeness (QED) is 0.575. The summed E-state index contributed by atoms with van der Waals surface area (Å²) in [5, 5.41) is 21.7. The molecule has 17 heavy (non-hydrogen) atoms. The number of piperidine rings is 1. The lowest BCUT2D eigenvalue weighted by molar-refractivity contribution is -0.0859. The molecule has 0 aliphatic carbocycles. The molecule has 2 rings (SSSR count). The van der Waals surface area contributed by atoms with Crippen LogP contribution in [0.4, 0.5) is 18.0 Å². The first kappa shape index (κ1) is 12.0. The number of nitrogens with zero attached hydrogens (tertiary/aromatic N) is 2. The van der Waals surface area contributed by atoms with Gasteiger partial charge < -0.3 is 15.1 Å². The van der Waals surface area contributed by atoms with Gasteiger partial charge in [-0.3, -0.25) is 5.43 Å². The molecule has 1 saturated heterocycles. The number of halogens is 3. The van der Waals surface area contributed by atoms with Crippen LogP contribution < -0.4 is 5.43 Å². The highest BCUT2D eigenvalue weighted by Crippen LogP contribution is 2.37. The van der Waals surface area contributed by atoms with Crippen molar-refractivity contribution in [3.8, 4) is 0 Å². The highest BCUT2D eigenvalue weighted by atomic mass is 19.4. The number of hydrazone groups is 1. The van der Waals surface area contributed by atoms with E-state index in [2.05, 4.69) is 5.10 Å². The van der Waals surface area contributed by atoms with E-state index in [9.17, 15) is 23.1 Å². The lowest BCUT2D eigenvalue weighted by Gasteiger charge is -2.39. The molecule has 0 spiro atoms. The number of hydrogen-bond donors (Lipinski definition) is 3. The van der Waals surface area contributed by atoms with Crippen LogP contribution in [0, 0.1) is 5.92 Å². The molecule has 1 amide bonds. The van der Waals surface area contributed by atoms with E-state index in [1.165, 1.54) is 0 Å². The van der Waals surface area contributed by atoms with E-state index in [1.807, 2.05) is 5.43 Å². The Morgan fingerprint density at radius 3 is 2.76 bits per heavy atom. The first-order valence-electron chi connectivity index (χ1n) is 4.86. The van der Waals surface area contributed by atoms with Gasteiger partial charge in [-0.2, -0.15) is 18.3 Å². The molecule has 2 aliphatic heterocycles. The zero-order chi connectivity index (χ0) is 12.8. The average molecular weight is 253 g/mol. The van der Waals surface area contributed by atoms with E-state index in [0.717, 1.165) is 4.90 Å². The molecular weight excluding hydrogens is 243 g/mol. The van der Waals surface area contributed by atoms with Crippen LogP contribution in [0.1, 0.15) is 6.42 Å². The number of carbonyl (C=O) groups is 1. The highest BCUT2D eigenvalue weighted by Gasteiger charge is 2.56. The van der Waals surface area contributed by atoms with Crippen LogP contribution >= 0.6 is 0 Å². The summed E-state index contributed by atoms with van der Waals surface area (Å²) in [5.41, 5.74) is -1.04. The third-order valence-electron chi connectivity index (χ3n) is 2.96. The van der Waals surface area contributed by atoms with Crippen LogP contribution in [0.3, 0.4) is 0 Å². The third kappa shape index (κ3) is 1.90. The summed E-state index contributed by atoms with van der Waals surface area (Å²) in [4.78, 5) is 11.6. The molecule has 0 radical (unpaired) electrons. The molecule has 3 N–H and O–H groups in total. The molecule has 2 aliphatic rings. The monoisotopic (exact) mass is 253 g/mol. The predicted octanol–water partition coefficient (Wildman–Crippen LogP) is 0.196. The summed E-state index contributed by atoms with van der Waals surface area (Å²) in [5.74, 6) is -1.22. The van der Waals surface area contributed by atoms with Gasteiger partial charge in [-0.1, -0.05) is 0 Å². The number of alkyl halides is 3. The SMILES string of the molecule is O=C(O)N1CCC2C(C(F)(F)F)=NNC2(O)C1. The zero-order valence-electron chi connectivity index (χ0n) is 8.53. The molecule has 9 heteroatoms. The minimum Gasteiger partial charge on any atom is -0.465 e. The molecule has 0 bridgehead atoms. The second-order valence-electron chi connectivity index (χ2n) is 4.08. The molecule has 96 valence electrons. The number of likely N-dealkylation sites (tertiary alicyclic amines) is 1. The van der Waals surface area contributed by atoms with Gasteiger partial charge in [0.2, 0.25) is 0 Å². The van der Waals surface area contributed by atoms with E-state index in [0.29, 0.717) is 0 Å². The molecule has 2 heterocycles. The number of amides is 1. The average Bonchev–Trinajstić information content (AvgIpc) is 2.52. The molecule has 0 aromatic heterocycles. The Labute approximate surface area is 93.7 Å². The van der Waals surface area contributed by atoms with E-state index in [4.69, 9.17) is 5.11 Å². The maximum atomic E-state index is 12.5. The van der Waals surface area contributed by atoms with Crippen LogP contribution in [0.25, 0.3) is 0 Å². The van der Waals surface area contributed by atoms with Gasteiger partial charge in [0, 0.05) is 6.54 Å². The number of nitrogens with one attached hydrogen (secondary N) is 1. The molecule has 6 nitrogen and oxygen atoms in total. The summed E-state index contributed by atoms with van der Waals surface area (Å²) >= 11 is 0. The van der Waals surface area contributed by atoms with Gasteiger partial charge in [-0.25, -0.2) is 4.79 Å². The summed E-state index contributed by atoms with van der Waals surface area (Å²) in [6.45, 7) is -0.491. The van der Waals surface area contributed by atoms with Crippen LogP contribution in [-0.2, 0) is 0 Å². The molecule has 0 aromatic rings. The topological polar surface area (TPSA) is 85.2 Å². The van der Waals surface area contributed by atoms with Crippen LogP contribution in [0.2, 0.25) is 0 Å². The van der Waals surface area contributed by atoms with Crippen molar-refractivity contribution in [3.05, 3.63) is 0 Å². The van der Waals surface area contributed by atoms with Crippen molar-refractivity contribution < 1.29 is 28.2 Å². The van der Waals surface area contributed by atoms with Crippen LogP contribution in [-0.4, -0.2) is 51.9 Å². The standard InChI is InChI=1S/C8H10F3N3O3/c9-8(10,11)5-4-1-2-14(6(15)16)3-7(4,17)13-12-5/h4,13,17H,1-3H2,(H,15,16). The molecule has 0 aromatic carbocycles. The lowest BCUT2D eigenvalue weighted by atomic mass is 9.85. The Hall–Kier alpha value is -1.51. The summed E-state index contributed by atoms with van der Waals surface area (Å²) in [7, 11) is 0. The maximum absolute atomic E-state index is 12.5. The molecule has 1 fully saturated rings. The van der Waals surface area contributed by atoms with Crippen molar-refractivity contribution in [1.29, 1.82) is 0 Å². The first-order chi connectivity index (χ1) is 7.74. The highest BCUT2D eigenvalue weighted by molar-refractivity contribution is 5.94. The summed E-state index contributed by atoms with van der Waals surface area (Å²) in [6, 6.07) is 0. The fourth-order valence-corrected chi connectivity index (χ4v) is 2.14. The van der Waals surface area contributed by atoms with E-state index in [1.54, 1.807) is 0 Å². The van der Waals surface area contributed by atoms with Crippen molar-refractivity contribution in [1.82, 2.24) is 10.3 Å². The van der Waals surface area contributed by atoms with E-state index >= 15 is 0 Å². The fraction of sp³-hybridized carbons (Fsp3) is 0.750. The Balaban J connectivity index is 2.19. The number of rotatable bonds is 0. The molecular formula is C8H10F3N3O3. The van der Waals surface area contributed by atoms with Gasteiger partial charge in [0.05, 0.1) is 12.5 Å². The maximum Gasteiger partial charge on any atom is 0.431 e. The van der Waals surface area contributed by atoms with Crippen LogP contribution in [0.5, 0.6) is 0 Å². The minimum atomic E-state index is -4.62. The zero-order valence-corrected chi connectivity index (χ0v) is 8.53. The molecule has 0 saturated carbocycles. The Morgan fingerprint density at radius 2 is 2.24 bits per heavy atom. The fourth-order valence-electron chi connectivity index (χ4n) is 2.14. The number of fused-ring (bicyclic) bond motifs is 1. The summed E-state index contributed by atoms with van der Waals surface area (Å²) < 4.78 is 37.6. The smallest absolute Gasteiger partial charge is 0.431 e. The van der Waals surface area contributed by atoms with Crippen molar-refractivity contribution in [3.63, 3.8) is 0 Å². The Bertz CT molecular complexity index is 384. The van der Waals surface area contributed by atoms with Gasteiger partial charge >= 0.3 is 12.3 Å². The molecule has 2 atom stereocenters. The van der Waals surface area contributed by atoms with Gasteiger partial charge in [0.25, 0.3) is 0 Å². The lowest BCUT2D eigenvalue weighted by Crippen LogP contribution is -2.60. The Morgan fingerprint density at radius 1 is 1.59 bits per heavy atom. The number of β-amino-alcohol motifs (C(OH)–C–C–N with tert-alkyl or cyclic N) is 1. The van der Waals surface area contributed by atoms with Crippen molar-refractivity contribution in [2.75, 3.05) is 13.1 Å². The third-order valence-corrected chi connectivity index (χ3v) is 2.96.